The summed E-state index contributed by atoms with van der Waals surface area (Å²) in [4.78, 5) is 10.8. The number of aryl methyl sites for hydroxylation is 1. The molecule has 0 saturated carbocycles. The number of hydrogen-bond donors (Lipinski definition) is 1. The molecule has 0 aliphatic carbocycles. The van der Waals surface area contributed by atoms with Crippen molar-refractivity contribution >= 4 is 5.91 Å². The minimum atomic E-state index is -4.62. The molecule has 0 unspecified atom stereocenters. The predicted molar refractivity (Wildman–Crippen MR) is 58.7 cm³/mol. The third-order valence-corrected chi connectivity index (χ3v) is 2.35. The molecule has 0 spiro atoms. The molecule has 0 radical (unpaired) electrons. The second kappa shape index (κ2) is 6.37. The van der Waals surface area contributed by atoms with E-state index in [0.29, 0.717) is 12.8 Å². The van der Waals surface area contributed by atoms with Crippen LogP contribution in [-0.2, 0) is 11.2 Å². The van der Waals surface area contributed by atoms with Crippen molar-refractivity contribution in [2.24, 2.45) is 0 Å². The molecule has 1 amide bonds. The summed E-state index contributed by atoms with van der Waals surface area (Å²) in [6, 6.07) is 9.22. The molecule has 0 aliphatic heterocycles. The van der Waals surface area contributed by atoms with Gasteiger partial charge in [0.15, 0.2) is 0 Å². The number of carbonyl (C=O) groups excluding carboxylic acids is 1. The van der Waals surface area contributed by atoms with E-state index in [2.05, 4.69) is 0 Å². The lowest BCUT2D eigenvalue weighted by Gasteiger charge is -2.14. The highest BCUT2D eigenvalue weighted by Gasteiger charge is 2.48. The summed E-state index contributed by atoms with van der Waals surface area (Å²) >= 11 is 0. The summed E-state index contributed by atoms with van der Waals surface area (Å²) in [6.45, 7) is -0.0595. The van der Waals surface area contributed by atoms with Gasteiger partial charge in [-0.2, -0.15) is 8.78 Å². The van der Waals surface area contributed by atoms with E-state index in [9.17, 15) is 22.4 Å². The van der Waals surface area contributed by atoms with E-state index >= 15 is 0 Å². The van der Waals surface area contributed by atoms with Crippen LogP contribution < -0.4 is 5.32 Å². The van der Waals surface area contributed by atoms with Gasteiger partial charge in [-0.1, -0.05) is 30.3 Å². The van der Waals surface area contributed by atoms with Gasteiger partial charge in [0, 0.05) is 6.54 Å². The smallest absolute Gasteiger partial charge is 0.351 e. The lowest BCUT2D eigenvalue weighted by molar-refractivity contribution is -0.169. The molecular weight excluding hydrogens is 250 g/mol. The number of hydrogen-bond acceptors (Lipinski definition) is 1. The topological polar surface area (TPSA) is 29.1 Å². The van der Waals surface area contributed by atoms with Crippen LogP contribution in [0.2, 0.25) is 0 Å². The maximum Gasteiger partial charge on any atom is 0.383 e. The van der Waals surface area contributed by atoms with Crippen molar-refractivity contribution < 1.29 is 22.4 Å². The van der Waals surface area contributed by atoms with Crippen LogP contribution in [0.4, 0.5) is 17.6 Å². The van der Waals surface area contributed by atoms with Crippen LogP contribution in [0, 0.1) is 0 Å². The Kier molecular flexibility index (Phi) is 5.12. The van der Waals surface area contributed by atoms with Crippen molar-refractivity contribution in [3.8, 4) is 0 Å². The molecule has 0 bridgehead atoms. The van der Waals surface area contributed by atoms with Gasteiger partial charge in [0.2, 0.25) is 0 Å². The normalized spacial score (nSPS) is 11.6. The van der Waals surface area contributed by atoms with Gasteiger partial charge in [-0.05, 0) is 18.4 Å². The van der Waals surface area contributed by atoms with Crippen LogP contribution in [0.3, 0.4) is 0 Å². The first kappa shape index (κ1) is 14.5. The molecule has 0 saturated heterocycles. The molecule has 0 aromatic heterocycles. The molecule has 0 aliphatic rings. The number of nitrogens with one attached hydrogen (secondary N) is 1. The Labute approximate surface area is 102 Å². The van der Waals surface area contributed by atoms with Gasteiger partial charge >= 0.3 is 12.3 Å². The van der Waals surface area contributed by atoms with Crippen LogP contribution in [0.15, 0.2) is 30.3 Å². The van der Waals surface area contributed by atoms with Gasteiger partial charge in [0.05, 0.1) is 0 Å². The Balaban J connectivity index is 2.28. The first-order chi connectivity index (χ1) is 8.44. The second-order valence-corrected chi connectivity index (χ2v) is 3.77. The quantitative estimate of drug-likeness (QED) is 0.620. The lowest BCUT2D eigenvalue weighted by atomic mass is 10.1. The summed E-state index contributed by atoms with van der Waals surface area (Å²) in [5.41, 5.74) is 0.993. The van der Waals surface area contributed by atoms with Crippen molar-refractivity contribution in [3.05, 3.63) is 35.9 Å². The molecule has 1 N–H and O–H groups in total. The molecule has 2 nitrogen and oxygen atoms in total. The zero-order valence-electron chi connectivity index (χ0n) is 9.51. The molecule has 6 heteroatoms. The Morgan fingerprint density at radius 2 is 1.83 bits per heavy atom. The molecule has 0 heterocycles. The van der Waals surface area contributed by atoms with Crippen molar-refractivity contribution in [2.45, 2.75) is 25.2 Å². The summed E-state index contributed by atoms with van der Waals surface area (Å²) in [5.74, 6) is -6.54. The fraction of sp³-hybridized carbons (Fsp3) is 0.417. The zero-order valence-corrected chi connectivity index (χ0v) is 9.51. The highest BCUT2D eigenvalue weighted by atomic mass is 19.3. The van der Waals surface area contributed by atoms with E-state index in [4.69, 9.17) is 0 Å². The fourth-order valence-electron chi connectivity index (χ4n) is 1.36. The maximum absolute atomic E-state index is 12.5. The van der Waals surface area contributed by atoms with Gasteiger partial charge in [0.25, 0.3) is 5.91 Å². The van der Waals surface area contributed by atoms with Crippen LogP contribution in [-0.4, -0.2) is 24.8 Å². The predicted octanol–water partition coefficient (Wildman–Crippen LogP) is 2.64. The van der Waals surface area contributed by atoms with Crippen LogP contribution in [0.25, 0.3) is 0 Å². The van der Waals surface area contributed by atoms with E-state index in [0.717, 1.165) is 5.56 Å². The van der Waals surface area contributed by atoms with Gasteiger partial charge < -0.3 is 5.32 Å². The highest BCUT2D eigenvalue weighted by molar-refractivity contribution is 5.83. The summed E-state index contributed by atoms with van der Waals surface area (Å²) in [5, 5.41) is 1.81. The Morgan fingerprint density at radius 3 is 2.39 bits per heavy atom. The third kappa shape index (κ3) is 4.01. The van der Waals surface area contributed by atoms with Crippen molar-refractivity contribution in [1.29, 1.82) is 0 Å². The van der Waals surface area contributed by atoms with E-state index in [1.165, 1.54) is 0 Å². The molecule has 100 valence electrons. The summed E-state index contributed by atoms with van der Waals surface area (Å²) in [6.07, 6.45) is -2.98. The lowest BCUT2D eigenvalue weighted by Crippen LogP contribution is -2.45. The SMILES string of the molecule is O=C(NCCCc1ccccc1)C(F)(F)C(F)F. The van der Waals surface area contributed by atoms with E-state index < -0.39 is 18.3 Å². The minimum absolute atomic E-state index is 0.0595. The Hall–Kier alpha value is -1.59. The van der Waals surface area contributed by atoms with Crippen LogP contribution in [0.1, 0.15) is 12.0 Å². The number of rotatable bonds is 6. The number of benzene rings is 1. The molecule has 0 atom stereocenters. The van der Waals surface area contributed by atoms with Crippen molar-refractivity contribution in [1.82, 2.24) is 5.32 Å². The molecule has 0 fully saturated rings. The number of amides is 1. The Morgan fingerprint density at radius 1 is 1.22 bits per heavy atom. The molecular formula is C12H13F4NO. The number of carbonyl (C=O) groups is 1. The van der Waals surface area contributed by atoms with E-state index in [1.807, 2.05) is 30.3 Å². The van der Waals surface area contributed by atoms with Crippen molar-refractivity contribution in [2.75, 3.05) is 6.54 Å². The molecule has 1 rings (SSSR count). The second-order valence-electron chi connectivity index (χ2n) is 3.77. The van der Waals surface area contributed by atoms with E-state index in [-0.39, 0.29) is 6.54 Å². The van der Waals surface area contributed by atoms with Gasteiger partial charge in [-0.25, -0.2) is 8.78 Å². The molecule has 1 aromatic carbocycles. The average Bonchev–Trinajstić information content (AvgIpc) is 2.35. The van der Waals surface area contributed by atoms with Crippen molar-refractivity contribution in [3.63, 3.8) is 0 Å². The first-order valence-electron chi connectivity index (χ1n) is 5.42. The maximum atomic E-state index is 12.5. The largest absolute Gasteiger partial charge is 0.383 e. The van der Waals surface area contributed by atoms with Gasteiger partial charge in [-0.3, -0.25) is 4.79 Å². The standard InChI is InChI=1S/C12H13F4NO/c13-10(14)12(15,16)11(18)17-8-4-7-9-5-2-1-3-6-9/h1-3,5-6,10H,4,7-8H2,(H,17,18). The third-order valence-electron chi connectivity index (χ3n) is 2.35. The number of alkyl halides is 4. The fourth-order valence-corrected chi connectivity index (χ4v) is 1.36. The van der Waals surface area contributed by atoms with E-state index in [1.54, 1.807) is 5.32 Å². The van der Waals surface area contributed by atoms with Gasteiger partial charge in [-0.15, -0.1) is 0 Å². The zero-order chi connectivity index (χ0) is 13.6. The molecule has 1 aromatic rings. The average molecular weight is 263 g/mol. The summed E-state index contributed by atoms with van der Waals surface area (Å²) in [7, 11) is 0. The first-order valence-corrected chi connectivity index (χ1v) is 5.42. The van der Waals surface area contributed by atoms with Crippen LogP contribution in [0.5, 0.6) is 0 Å². The summed E-state index contributed by atoms with van der Waals surface area (Å²) < 4.78 is 48.7. The monoisotopic (exact) mass is 263 g/mol. The highest BCUT2D eigenvalue weighted by Crippen LogP contribution is 2.22. The Bertz CT molecular complexity index is 381. The minimum Gasteiger partial charge on any atom is -0.351 e. The molecule has 18 heavy (non-hydrogen) atoms. The van der Waals surface area contributed by atoms with Crippen LogP contribution >= 0.6 is 0 Å². The number of halogens is 4. The van der Waals surface area contributed by atoms with Gasteiger partial charge in [0.1, 0.15) is 0 Å².